The zero-order chi connectivity index (χ0) is 26.9. The minimum atomic E-state index is -1.21. The van der Waals surface area contributed by atoms with Crippen LogP contribution in [0.5, 0.6) is 0 Å². The van der Waals surface area contributed by atoms with Gasteiger partial charge in [0.15, 0.2) is 0 Å². The summed E-state index contributed by atoms with van der Waals surface area (Å²) in [5.41, 5.74) is 8.42. The number of carbonyl (C=O) groups excluding carboxylic acids is 1. The lowest BCUT2D eigenvalue weighted by Gasteiger charge is -2.18. The van der Waals surface area contributed by atoms with Crippen molar-refractivity contribution in [2.45, 2.75) is 25.3 Å². The minimum absolute atomic E-state index is 0.0361. The molecule has 6 rings (SSSR count). The highest BCUT2D eigenvalue weighted by Gasteiger charge is 2.30. The highest BCUT2D eigenvalue weighted by Crippen LogP contribution is 2.44. The van der Waals surface area contributed by atoms with Crippen molar-refractivity contribution >= 4 is 17.7 Å². The molecule has 0 radical (unpaired) electrons. The first-order valence-electron chi connectivity index (χ1n) is 12.9. The molecule has 1 unspecified atom stereocenters. The second-order valence-corrected chi connectivity index (χ2v) is 9.72. The van der Waals surface area contributed by atoms with Crippen LogP contribution in [-0.2, 0) is 16.0 Å². The average molecular weight is 518 g/mol. The summed E-state index contributed by atoms with van der Waals surface area (Å²) in [6.07, 6.45) is 1.13. The molecular formula is C32H27N3O4. The molecule has 0 saturated carbocycles. The van der Waals surface area contributed by atoms with E-state index in [-0.39, 0.29) is 18.9 Å². The first-order chi connectivity index (χ1) is 19.0. The zero-order valence-corrected chi connectivity index (χ0v) is 21.4. The topological polar surface area (TPSA) is 92.9 Å². The lowest BCUT2D eigenvalue weighted by Crippen LogP contribution is -2.43. The molecule has 1 atom stereocenters. The van der Waals surface area contributed by atoms with E-state index in [0.29, 0.717) is 11.4 Å². The van der Waals surface area contributed by atoms with Crippen LogP contribution in [0, 0.1) is 6.92 Å². The number of carboxylic acids is 1. The van der Waals surface area contributed by atoms with Crippen LogP contribution in [0.25, 0.3) is 28.0 Å². The standard InChI is InChI=1S/C32H27N3O4/c1-20-10-9-17-35-28(29(34-30(20)35)21-11-3-2-4-12-21)18-27(31(36)37)33-32(38)39-19-26-24-15-7-5-13-22(24)23-14-6-8-16-25(23)26/h2-17,26-27H,18-19H2,1H3,(H,33,38)(H,36,37). The molecule has 0 fully saturated rings. The average Bonchev–Trinajstić information content (AvgIpc) is 3.49. The quantitative estimate of drug-likeness (QED) is 0.283. The van der Waals surface area contributed by atoms with Crippen LogP contribution in [0.2, 0.25) is 0 Å². The van der Waals surface area contributed by atoms with Crippen molar-refractivity contribution in [2.24, 2.45) is 0 Å². The van der Waals surface area contributed by atoms with Crippen molar-refractivity contribution < 1.29 is 19.4 Å². The fourth-order valence-corrected chi connectivity index (χ4v) is 5.45. The van der Waals surface area contributed by atoms with Crippen molar-refractivity contribution in [3.8, 4) is 22.4 Å². The normalized spacial score (nSPS) is 13.1. The molecule has 1 aliphatic rings. The number of alkyl carbamates (subject to hydrolysis) is 1. The number of aryl methyl sites for hydroxylation is 1. The van der Waals surface area contributed by atoms with Crippen molar-refractivity contribution in [1.29, 1.82) is 0 Å². The number of benzene rings is 3. The van der Waals surface area contributed by atoms with Crippen molar-refractivity contribution in [3.05, 3.63) is 120 Å². The number of hydrogen-bond donors (Lipinski definition) is 2. The van der Waals surface area contributed by atoms with Crippen LogP contribution in [0.15, 0.2) is 97.2 Å². The maximum absolute atomic E-state index is 12.9. The molecule has 2 heterocycles. The Labute approximate surface area is 225 Å². The third-order valence-electron chi connectivity index (χ3n) is 7.32. The number of hydrogen-bond acceptors (Lipinski definition) is 4. The van der Waals surface area contributed by atoms with Gasteiger partial charge in [-0.2, -0.15) is 0 Å². The van der Waals surface area contributed by atoms with E-state index in [1.54, 1.807) is 0 Å². The van der Waals surface area contributed by atoms with Crippen LogP contribution in [0.4, 0.5) is 4.79 Å². The Kier molecular flexibility index (Phi) is 6.32. The van der Waals surface area contributed by atoms with Crippen molar-refractivity contribution in [1.82, 2.24) is 14.7 Å². The van der Waals surface area contributed by atoms with E-state index in [0.717, 1.165) is 39.0 Å². The van der Waals surface area contributed by atoms with Crippen molar-refractivity contribution in [3.63, 3.8) is 0 Å². The van der Waals surface area contributed by atoms with Gasteiger partial charge in [-0.05, 0) is 40.8 Å². The Morgan fingerprint density at radius 1 is 0.923 bits per heavy atom. The van der Waals surface area contributed by atoms with E-state index >= 15 is 0 Å². The van der Waals surface area contributed by atoms with Gasteiger partial charge in [0.2, 0.25) is 0 Å². The van der Waals surface area contributed by atoms with Gasteiger partial charge >= 0.3 is 12.1 Å². The first kappa shape index (κ1) is 24.4. The van der Waals surface area contributed by atoms with Gasteiger partial charge in [-0.3, -0.25) is 0 Å². The van der Waals surface area contributed by atoms with Gasteiger partial charge in [0.25, 0.3) is 0 Å². The number of ether oxygens (including phenoxy) is 1. The number of aliphatic carboxylic acids is 1. The van der Waals surface area contributed by atoms with E-state index in [2.05, 4.69) is 17.4 Å². The van der Waals surface area contributed by atoms with Crippen LogP contribution in [0.3, 0.4) is 0 Å². The van der Waals surface area contributed by atoms with Crippen LogP contribution in [-0.4, -0.2) is 39.2 Å². The molecular weight excluding hydrogens is 490 g/mol. The number of nitrogens with zero attached hydrogens (tertiary/aromatic N) is 2. The van der Waals surface area contributed by atoms with Crippen molar-refractivity contribution in [2.75, 3.05) is 6.61 Å². The number of aromatic nitrogens is 2. The molecule has 194 valence electrons. The smallest absolute Gasteiger partial charge is 0.407 e. The molecule has 0 bridgehead atoms. The Hall–Kier alpha value is -4.91. The van der Waals surface area contributed by atoms with E-state index in [1.807, 2.05) is 96.4 Å². The van der Waals surface area contributed by atoms with Gasteiger partial charge < -0.3 is 19.6 Å². The molecule has 1 amide bonds. The summed E-state index contributed by atoms with van der Waals surface area (Å²) in [5, 5.41) is 12.6. The molecule has 7 heteroatoms. The summed E-state index contributed by atoms with van der Waals surface area (Å²) in [4.78, 5) is 30.1. The fraction of sp³-hybridized carbons (Fsp3) is 0.156. The SMILES string of the molecule is Cc1cccn2c(CC(NC(=O)OCC3c4ccccc4-c4ccccc43)C(=O)O)c(-c3ccccc3)nc12. The number of fused-ring (bicyclic) bond motifs is 4. The second-order valence-electron chi connectivity index (χ2n) is 9.72. The largest absolute Gasteiger partial charge is 0.480 e. The van der Waals surface area contributed by atoms with Gasteiger partial charge in [0.1, 0.15) is 18.3 Å². The van der Waals surface area contributed by atoms with Crippen LogP contribution in [0.1, 0.15) is 28.3 Å². The summed E-state index contributed by atoms with van der Waals surface area (Å²) in [7, 11) is 0. The number of nitrogens with one attached hydrogen (secondary N) is 1. The number of amides is 1. The monoisotopic (exact) mass is 517 g/mol. The van der Waals surface area contributed by atoms with Gasteiger partial charge in [-0.15, -0.1) is 0 Å². The lowest BCUT2D eigenvalue weighted by molar-refractivity contribution is -0.139. The summed E-state index contributed by atoms with van der Waals surface area (Å²) in [5.74, 6) is -1.26. The molecule has 0 spiro atoms. The molecule has 0 saturated heterocycles. The van der Waals surface area contributed by atoms with E-state index < -0.39 is 18.1 Å². The van der Waals surface area contributed by atoms with Gasteiger partial charge in [-0.1, -0.05) is 84.9 Å². The summed E-state index contributed by atoms with van der Waals surface area (Å²) >= 11 is 0. The van der Waals surface area contributed by atoms with Gasteiger partial charge in [-0.25, -0.2) is 14.6 Å². The number of rotatable bonds is 7. The van der Waals surface area contributed by atoms with Crippen LogP contribution >= 0.6 is 0 Å². The minimum Gasteiger partial charge on any atom is -0.480 e. The molecule has 2 N–H and O–H groups in total. The molecule has 3 aromatic carbocycles. The van der Waals surface area contributed by atoms with E-state index in [1.165, 1.54) is 0 Å². The zero-order valence-electron chi connectivity index (χ0n) is 21.4. The summed E-state index contributed by atoms with van der Waals surface area (Å²) in [6, 6.07) is 28.4. The second kappa shape index (κ2) is 10.1. The maximum atomic E-state index is 12.9. The maximum Gasteiger partial charge on any atom is 0.407 e. The highest BCUT2D eigenvalue weighted by molar-refractivity contribution is 5.82. The predicted octanol–water partition coefficient (Wildman–Crippen LogP) is 5.84. The Bertz CT molecular complexity index is 1650. The molecule has 39 heavy (non-hydrogen) atoms. The number of carbonyl (C=O) groups is 2. The predicted molar refractivity (Wildman–Crippen MR) is 149 cm³/mol. The van der Waals surface area contributed by atoms with E-state index in [4.69, 9.17) is 9.72 Å². The lowest BCUT2D eigenvalue weighted by atomic mass is 9.98. The van der Waals surface area contributed by atoms with Gasteiger partial charge in [0.05, 0.1) is 11.4 Å². The Morgan fingerprint density at radius 2 is 1.56 bits per heavy atom. The Balaban J connectivity index is 1.23. The molecule has 1 aliphatic carbocycles. The third kappa shape index (κ3) is 4.52. The van der Waals surface area contributed by atoms with Gasteiger partial charge in [0, 0.05) is 24.1 Å². The number of carboxylic acid groups (broad SMARTS) is 1. The first-order valence-corrected chi connectivity index (χ1v) is 12.9. The fourth-order valence-electron chi connectivity index (χ4n) is 5.45. The summed E-state index contributed by atoms with van der Waals surface area (Å²) in [6.45, 7) is 2.07. The molecule has 7 nitrogen and oxygen atoms in total. The van der Waals surface area contributed by atoms with E-state index in [9.17, 15) is 14.7 Å². The van der Waals surface area contributed by atoms with Crippen LogP contribution < -0.4 is 5.32 Å². The Morgan fingerprint density at radius 3 is 2.23 bits per heavy atom. The number of pyridine rings is 1. The molecule has 2 aromatic heterocycles. The molecule has 0 aliphatic heterocycles. The third-order valence-corrected chi connectivity index (χ3v) is 7.32. The highest BCUT2D eigenvalue weighted by atomic mass is 16.5. The molecule has 5 aromatic rings. The number of imidazole rings is 1. The summed E-state index contributed by atoms with van der Waals surface area (Å²) < 4.78 is 7.52.